The molecule has 3 heteroatoms. The quantitative estimate of drug-likeness (QED) is 0.748. The highest BCUT2D eigenvalue weighted by molar-refractivity contribution is 9.10. The Morgan fingerprint density at radius 2 is 2.14 bits per heavy atom. The standard InChI is InChI=1S/C11H13BrFN/c1-11(2)5-6-14-8-4-3-7(12)10(13)9(8)11/h3-4,14H,5-6H2,1-2H3. The van der Waals surface area contributed by atoms with Crippen molar-refractivity contribution in [1.29, 1.82) is 0 Å². The van der Waals surface area contributed by atoms with Crippen LogP contribution in [-0.4, -0.2) is 6.54 Å². The number of hydrogen-bond acceptors (Lipinski definition) is 1. The molecule has 2 rings (SSSR count). The predicted octanol–water partition coefficient (Wildman–Crippen LogP) is 3.68. The topological polar surface area (TPSA) is 12.0 Å². The smallest absolute Gasteiger partial charge is 0.143 e. The third-order valence-electron chi connectivity index (χ3n) is 2.84. The number of nitrogens with one attached hydrogen (secondary N) is 1. The number of halogens is 2. The van der Waals surface area contributed by atoms with E-state index in [0.717, 1.165) is 24.2 Å². The van der Waals surface area contributed by atoms with E-state index in [1.807, 2.05) is 6.07 Å². The van der Waals surface area contributed by atoms with Crippen molar-refractivity contribution < 1.29 is 4.39 Å². The molecule has 0 bridgehead atoms. The molecule has 76 valence electrons. The molecule has 0 aliphatic carbocycles. The van der Waals surface area contributed by atoms with E-state index in [9.17, 15) is 4.39 Å². The minimum absolute atomic E-state index is 0.0750. The normalized spacial score (nSPS) is 18.6. The lowest BCUT2D eigenvalue weighted by molar-refractivity contribution is 0.448. The molecule has 1 nitrogen and oxygen atoms in total. The van der Waals surface area contributed by atoms with Gasteiger partial charge in [0.15, 0.2) is 0 Å². The second kappa shape index (κ2) is 3.23. The van der Waals surface area contributed by atoms with E-state index in [1.54, 1.807) is 6.07 Å². The Bertz CT molecular complexity index is 374. The van der Waals surface area contributed by atoms with Gasteiger partial charge in [0.1, 0.15) is 5.82 Å². The molecule has 0 atom stereocenters. The lowest BCUT2D eigenvalue weighted by atomic mass is 9.78. The Morgan fingerprint density at radius 3 is 2.86 bits per heavy atom. The van der Waals surface area contributed by atoms with Gasteiger partial charge in [0.2, 0.25) is 0 Å². The summed E-state index contributed by atoms with van der Waals surface area (Å²) in [5.41, 5.74) is 1.66. The van der Waals surface area contributed by atoms with E-state index in [1.165, 1.54) is 0 Å². The maximum Gasteiger partial charge on any atom is 0.143 e. The highest BCUT2D eigenvalue weighted by Gasteiger charge is 2.31. The molecule has 0 saturated heterocycles. The van der Waals surface area contributed by atoms with Gasteiger partial charge in [-0.3, -0.25) is 0 Å². The molecule has 1 aromatic carbocycles. The van der Waals surface area contributed by atoms with Crippen LogP contribution in [0.25, 0.3) is 0 Å². The molecule has 0 amide bonds. The second-order valence-electron chi connectivity index (χ2n) is 4.34. The molecular formula is C11H13BrFN. The van der Waals surface area contributed by atoms with Crippen molar-refractivity contribution >= 4 is 21.6 Å². The van der Waals surface area contributed by atoms with Crippen molar-refractivity contribution in [2.24, 2.45) is 0 Å². The lowest BCUT2D eigenvalue weighted by Crippen LogP contribution is -2.29. The fourth-order valence-corrected chi connectivity index (χ4v) is 2.32. The second-order valence-corrected chi connectivity index (χ2v) is 5.20. The van der Waals surface area contributed by atoms with Gasteiger partial charge < -0.3 is 5.32 Å². The van der Waals surface area contributed by atoms with Crippen LogP contribution >= 0.6 is 15.9 Å². The third kappa shape index (κ3) is 1.44. The average molecular weight is 258 g/mol. The summed E-state index contributed by atoms with van der Waals surface area (Å²) in [5, 5.41) is 3.23. The van der Waals surface area contributed by atoms with Crippen LogP contribution in [0.4, 0.5) is 10.1 Å². The monoisotopic (exact) mass is 257 g/mol. The van der Waals surface area contributed by atoms with Crippen LogP contribution in [0.15, 0.2) is 16.6 Å². The van der Waals surface area contributed by atoms with E-state index in [-0.39, 0.29) is 11.2 Å². The largest absolute Gasteiger partial charge is 0.385 e. The molecule has 1 heterocycles. The van der Waals surface area contributed by atoms with Crippen LogP contribution in [0.2, 0.25) is 0 Å². The summed E-state index contributed by atoms with van der Waals surface area (Å²) in [6.45, 7) is 5.09. The Balaban J connectivity index is 2.66. The third-order valence-corrected chi connectivity index (χ3v) is 3.45. The van der Waals surface area contributed by atoms with E-state index in [0.29, 0.717) is 4.47 Å². The molecule has 14 heavy (non-hydrogen) atoms. The van der Waals surface area contributed by atoms with Gasteiger partial charge in [-0.05, 0) is 39.9 Å². The summed E-state index contributed by atoms with van der Waals surface area (Å²) < 4.78 is 14.4. The first-order valence-corrected chi connectivity index (χ1v) is 5.54. The van der Waals surface area contributed by atoms with Crippen molar-refractivity contribution in [1.82, 2.24) is 0 Å². The zero-order valence-corrected chi connectivity index (χ0v) is 9.91. The van der Waals surface area contributed by atoms with Crippen molar-refractivity contribution in [3.8, 4) is 0 Å². The highest BCUT2D eigenvalue weighted by atomic mass is 79.9. The SMILES string of the molecule is CC1(C)CCNc2ccc(Br)c(F)c21. The van der Waals surface area contributed by atoms with Crippen molar-refractivity contribution in [3.05, 3.63) is 28.0 Å². The number of fused-ring (bicyclic) bond motifs is 1. The van der Waals surface area contributed by atoms with E-state index >= 15 is 0 Å². The van der Waals surface area contributed by atoms with Gasteiger partial charge in [-0.15, -0.1) is 0 Å². The Labute approximate surface area is 91.8 Å². The van der Waals surface area contributed by atoms with Gasteiger partial charge in [0.05, 0.1) is 4.47 Å². The lowest BCUT2D eigenvalue weighted by Gasteiger charge is -2.33. The van der Waals surface area contributed by atoms with Crippen molar-refractivity contribution in [3.63, 3.8) is 0 Å². The molecule has 1 aliphatic rings. The van der Waals surface area contributed by atoms with Gasteiger partial charge in [-0.2, -0.15) is 0 Å². The first-order valence-electron chi connectivity index (χ1n) is 4.75. The van der Waals surface area contributed by atoms with Gasteiger partial charge in [0, 0.05) is 17.8 Å². The summed E-state index contributed by atoms with van der Waals surface area (Å²) in [6, 6.07) is 3.69. The minimum Gasteiger partial charge on any atom is -0.385 e. The zero-order valence-electron chi connectivity index (χ0n) is 8.32. The molecule has 0 unspecified atom stereocenters. The highest BCUT2D eigenvalue weighted by Crippen LogP contribution is 2.40. The molecule has 0 aromatic heterocycles. The van der Waals surface area contributed by atoms with Crippen molar-refractivity contribution in [2.75, 3.05) is 11.9 Å². The summed E-state index contributed by atoms with van der Waals surface area (Å²) in [6.07, 6.45) is 0.966. The maximum atomic E-state index is 13.9. The van der Waals surface area contributed by atoms with Gasteiger partial charge in [-0.25, -0.2) is 4.39 Å². The number of benzene rings is 1. The fourth-order valence-electron chi connectivity index (χ4n) is 1.99. The van der Waals surface area contributed by atoms with Gasteiger partial charge >= 0.3 is 0 Å². The predicted molar refractivity (Wildman–Crippen MR) is 60.2 cm³/mol. The first-order chi connectivity index (χ1) is 6.52. The summed E-state index contributed by atoms with van der Waals surface area (Å²) >= 11 is 3.22. The summed E-state index contributed by atoms with van der Waals surface area (Å²) in [7, 11) is 0. The number of rotatable bonds is 0. The summed E-state index contributed by atoms with van der Waals surface area (Å²) in [5.74, 6) is -0.125. The fraction of sp³-hybridized carbons (Fsp3) is 0.455. The van der Waals surface area contributed by atoms with Gasteiger partial charge in [-0.1, -0.05) is 13.8 Å². The number of hydrogen-bond donors (Lipinski definition) is 1. The van der Waals surface area contributed by atoms with Crippen LogP contribution in [-0.2, 0) is 5.41 Å². The van der Waals surface area contributed by atoms with E-state index < -0.39 is 0 Å². The molecule has 0 fully saturated rings. The van der Waals surface area contributed by atoms with Crippen LogP contribution in [0.3, 0.4) is 0 Å². The van der Waals surface area contributed by atoms with Gasteiger partial charge in [0.25, 0.3) is 0 Å². The van der Waals surface area contributed by atoms with Crippen LogP contribution in [0.5, 0.6) is 0 Å². The molecule has 1 N–H and O–H groups in total. The summed E-state index contributed by atoms with van der Waals surface area (Å²) in [4.78, 5) is 0. The maximum absolute atomic E-state index is 13.9. The molecule has 0 saturated carbocycles. The Morgan fingerprint density at radius 1 is 1.43 bits per heavy atom. The average Bonchev–Trinajstić information content (AvgIpc) is 2.10. The minimum atomic E-state index is -0.125. The van der Waals surface area contributed by atoms with Crippen LogP contribution in [0.1, 0.15) is 25.8 Å². The Kier molecular flexibility index (Phi) is 2.30. The molecular weight excluding hydrogens is 245 g/mol. The van der Waals surface area contributed by atoms with Crippen molar-refractivity contribution in [2.45, 2.75) is 25.7 Å². The zero-order chi connectivity index (χ0) is 10.3. The molecule has 1 aromatic rings. The van der Waals surface area contributed by atoms with E-state index in [4.69, 9.17) is 0 Å². The molecule has 1 aliphatic heterocycles. The van der Waals surface area contributed by atoms with E-state index in [2.05, 4.69) is 35.1 Å². The molecule has 0 radical (unpaired) electrons. The Hall–Kier alpha value is -0.570. The number of anilines is 1. The first kappa shape index (κ1) is 9.97. The van der Waals surface area contributed by atoms with Crippen LogP contribution in [0, 0.1) is 5.82 Å². The van der Waals surface area contributed by atoms with Crippen LogP contribution < -0.4 is 5.32 Å². The molecule has 0 spiro atoms.